The number of imidazole rings is 1. The number of carbonyl (C=O) groups is 2. The van der Waals surface area contributed by atoms with Gasteiger partial charge in [0.1, 0.15) is 16.6 Å². The number of benzene rings is 3. The van der Waals surface area contributed by atoms with Crippen molar-refractivity contribution in [3.63, 3.8) is 0 Å². The first-order chi connectivity index (χ1) is 18.4. The van der Waals surface area contributed by atoms with Gasteiger partial charge in [-0.3, -0.25) is 9.59 Å². The van der Waals surface area contributed by atoms with E-state index in [0.717, 1.165) is 5.56 Å². The maximum absolute atomic E-state index is 13.4. The highest BCUT2D eigenvalue weighted by Gasteiger charge is 2.39. The van der Waals surface area contributed by atoms with Gasteiger partial charge >= 0.3 is 0 Å². The van der Waals surface area contributed by atoms with Crippen molar-refractivity contribution in [2.45, 2.75) is 38.1 Å². The summed E-state index contributed by atoms with van der Waals surface area (Å²) in [5.74, 6) is 0.0654. The lowest BCUT2D eigenvalue weighted by atomic mass is 9.81. The van der Waals surface area contributed by atoms with Crippen molar-refractivity contribution in [3.8, 4) is 0 Å². The van der Waals surface area contributed by atoms with E-state index < -0.39 is 17.6 Å². The van der Waals surface area contributed by atoms with Crippen LogP contribution in [0.15, 0.2) is 91.0 Å². The Morgan fingerprint density at radius 2 is 1.50 bits per heavy atom. The van der Waals surface area contributed by atoms with E-state index in [1.807, 2.05) is 91.0 Å². The van der Waals surface area contributed by atoms with Crippen LogP contribution in [0.5, 0.6) is 0 Å². The third-order valence-corrected chi connectivity index (χ3v) is 7.46. The summed E-state index contributed by atoms with van der Waals surface area (Å²) in [5.41, 5.74) is 0.853. The van der Waals surface area contributed by atoms with E-state index in [1.54, 1.807) is 16.4 Å². The standard InChI is InChI=1S/C30H29ClN4O3/c1-21(30(38,23-13-7-3-8-14-23)24-15-9-4-10-16-24)32-29(37)27-28(31)35-18-17-34(20-25(35)33-27)26(36)19-22-11-5-2-6-12-22/h2-16,21,38H,17-20H2,1H3,(H,32,37). The summed E-state index contributed by atoms with van der Waals surface area (Å²) in [6.07, 6.45) is 0.303. The first-order valence-electron chi connectivity index (χ1n) is 12.6. The summed E-state index contributed by atoms with van der Waals surface area (Å²) in [4.78, 5) is 32.5. The smallest absolute Gasteiger partial charge is 0.273 e. The third kappa shape index (κ3) is 4.95. The predicted molar refractivity (Wildman–Crippen MR) is 146 cm³/mol. The summed E-state index contributed by atoms with van der Waals surface area (Å²) in [6, 6.07) is 27.4. The molecule has 38 heavy (non-hydrogen) atoms. The number of aliphatic hydroxyl groups is 1. The molecule has 2 N–H and O–H groups in total. The molecule has 194 valence electrons. The minimum Gasteiger partial charge on any atom is -0.378 e. The monoisotopic (exact) mass is 528 g/mol. The molecule has 0 aliphatic carbocycles. The van der Waals surface area contributed by atoms with E-state index in [9.17, 15) is 14.7 Å². The van der Waals surface area contributed by atoms with Crippen LogP contribution in [-0.4, -0.2) is 44.0 Å². The Morgan fingerprint density at radius 3 is 2.08 bits per heavy atom. The zero-order chi connectivity index (χ0) is 26.7. The molecular weight excluding hydrogens is 500 g/mol. The molecule has 0 radical (unpaired) electrons. The summed E-state index contributed by atoms with van der Waals surface area (Å²) < 4.78 is 1.77. The summed E-state index contributed by atoms with van der Waals surface area (Å²) in [7, 11) is 0. The normalized spacial score (nSPS) is 14.0. The SMILES string of the molecule is CC(NC(=O)c1nc2n(c1Cl)CCN(C(=O)Cc1ccccc1)C2)C(O)(c1ccccc1)c1ccccc1. The number of aromatic nitrogens is 2. The topological polar surface area (TPSA) is 87.5 Å². The van der Waals surface area contributed by atoms with Crippen molar-refractivity contribution in [3.05, 3.63) is 124 Å². The van der Waals surface area contributed by atoms with Crippen LogP contribution in [0.25, 0.3) is 0 Å². The van der Waals surface area contributed by atoms with Gasteiger partial charge in [0, 0.05) is 13.1 Å². The Morgan fingerprint density at radius 1 is 0.947 bits per heavy atom. The maximum atomic E-state index is 13.4. The highest BCUT2D eigenvalue weighted by atomic mass is 35.5. The fraction of sp³-hybridized carbons (Fsp3) is 0.233. The van der Waals surface area contributed by atoms with Crippen LogP contribution < -0.4 is 5.32 Å². The van der Waals surface area contributed by atoms with Crippen LogP contribution in [0.3, 0.4) is 0 Å². The van der Waals surface area contributed by atoms with E-state index in [1.165, 1.54) is 0 Å². The van der Waals surface area contributed by atoms with Crippen molar-refractivity contribution < 1.29 is 14.7 Å². The molecule has 1 aromatic heterocycles. The van der Waals surface area contributed by atoms with Gasteiger partial charge in [-0.05, 0) is 23.6 Å². The summed E-state index contributed by atoms with van der Waals surface area (Å²) >= 11 is 6.60. The molecule has 2 heterocycles. The zero-order valence-corrected chi connectivity index (χ0v) is 21.8. The van der Waals surface area contributed by atoms with Crippen molar-refractivity contribution in [2.24, 2.45) is 0 Å². The Balaban J connectivity index is 1.35. The van der Waals surface area contributed by atoms with E-state index in [0.29, 0.717) is 36.5 Å². The van der Waals surface area contributed by atoms with E-state index in [4.69, 9.17) is 11.6 Å². The number of rotatable bonds is 7. The van der Waals surface area contributed by atoms with Gasteiger partial charge in [-0.15, -0.1) is 0 Å². The highest BCUT2D eigenvalue weighted by molar-refractivity contribution is 6.32. The molecule has 1 atom stereocenters. The minimum atomic E-state index is -1.48. The first-order valence-corrected chi connectivity index (χ1v) is 13.0. The maximum Gasteiger partial charge on any atom is 0.273 e. The largest absolute Gasteiger partial charge is 0.378 e. The molecule has 1 aliphatic rings. The van der Waals surface area contributed by atoms with Crippen LogP contribution in [0.1, 0.15) is 39.9 Å². The van der Waals surface area contributed by atoms with Crippen LogP contribution in [0.4, 0.5) is 0 Å². The lowest BCUT2D eigenvalue weighted by Gasteiger charge is -2.35. The number of hydrogen-bond donors (Lipinski definition) is 2. The van der Waals surface area contributed by atoms with Gasteiger partial charge in [0.25, 0.3) is 5.91 Å². The van der Waals surface area contributed by atoms with Crippen LogP contribution in [0, 0.1) is 0 Å². The Kier molecular flexibility index (Phi) is 7.31. The molecular formula is C30H29ClN4O3. The number of carbonyl (C=O) groups excluding carboxylic acids is 2. The highest BCUT2D eigenvalue weighted by Crippen LogP contribution is 2.33. The molecule has 7 nitrogen and oxygen atoms in total. The van der Waals surface area contributed by atoms with E-state index in [2.05, 4.69) is 10.3 Å². The van der Waals surface area contributed by atoms with E-state index >= 15 is 0 Å². The number of nitrogens with zero attached hydrogens (tertiary/aromatic N) is 3. The van der Waals surface area contributed by atoms with Gasteiger partial charge in [0.15, 0.2) is 5.69 Å². The second-order valence-corrected chi connectivity index (χ2v) is 9.85. The summed E-state index contributed by atoms with van der Waals surface area (Å²) in [6.45, 7) is 2.95. The zero-order valence-electron chi connectivity index (χ0n) is 21.0. The van der Waals surface area contributed by atoms with Gasteiger partial charge in [-0.1, -0.05) is 103 Å². The molecule has 8 heteroatoms. The lowest BCUT2D eigenvalue weighted by molar-refractivity contribution is -0.132. The Bertz CT molecular complexity index is 1380. The second-order valence-electron chi connectivity index (χ2n) is 9.49. The molecule has 4 aromatic rings. The Labute approximate surface area is 226 Å². The quantitative estimate of drug-likeness (QED) is 0.377. The molecule has 3 aromatic carbocycles. The molecule has 0 fully saturated rings. The number of halogens is 1. The minimum absolute atomic E-state index is 0.00279. The third-order valence-electron chi connectivity index (χ3n) is 7.08. The van der Waals surface area contributed by atoms with Gasteiger partial charge in [-0.25, -0.2) is 4.98 Å². The molecule has 1 aliphatic heterocycles. The second kappa shape index (κ2) is 10.8. The molecule has 0 bridgehead atoms. The van der Waals surface area contributed by atoms with Crippen LogP contribution in [0.2, 0.25) is 5.15 Å². The van der Waals surface area contributed by atoms with Gasteiger partial charge in [-0.2, -0.15) is 0 Å². The van der Waals surface area contributed by atoms with Crippen molar-refractivity contribution in [1.29, 1.82) is 0 Å². The number of hydrogen-bond acceptors (Lipinski definition) is 4. The van der Waals surface area contributed by atoms with Gasteiger partial charge in [0.2, 0.25) is 5.91 Å². The summed E-state index contributed by atoms with van der Waals surface area (Å²) in [5, 5.41) is 15.1. The molecule has 0 spiro atoms. The average molecular weight is 529 g/mol. The fourth-order valence-electron chi connectivity index (χ4n) is 4.96. The molecule has 0 saturated carbocycles. The Hall–Kier alpha value is -3.94. The van der Waals surface area contributed by atoms with Crippen LogP contribution >= 0.6 is 11.6 Å². The molecule has 1 unspecified atom stereocenters. The number of amides is 2. The molecule has 0 saturated heterocycles. The molecule has 5 rings (SSSR count). The van der Waals surface area contributed by atoms with Crippen molar-refractivity contribution in [2.75, 3.05) is 6.54 Å². The van der Waals surface area contributed by atoms with Gasteiger partial charge < -0.3 is 19.9 Å². The van der Waals surface area contributed by atoms with Crippen LogP contribution in [-0.2, 0) is 29.9 Å². The predicted octanol–water partition coefficient (Wildman–Crippen LogP) is 4.18. The molecule has 2 amide bonds. The number of nitrogens with one attached hydrogen (secondary N) is 1. The average Bonchev–Trinajstić information content (AvgIpc) is 3.29. The first kappa shape index (κ1) is 25.7. The van der Waals surface area contributed by atoms with E-state index in [-0.39, 0.29) is 23.3 Å². The fourth-order valence-corrected chi connectivity index (χ4v) is 5.27. The lowest BCUT2D eigenvalue weighted by Crippen LogP contribution is -2.49. The van der Waals surface area contributed by atoms with Crippen molar-refractivity contribution >= 4 is 23.4 Å². The van der Waals surface area contributed by atoms with Gasteiger partial charge in [0.05, 0.1) is 19.0 Å². The van der Waals surface area contributed by atoms with Crippen molar-refractivity contribution in [1.82, 2.24) is 19.8 Å². The number of fused-ring (bicyclic) bond motifs is 1.